The zero-order valence-corrected chi connectivity index (χ0v) is 17.5. The van der Waals surface area contributed by atoms with Crippen LogP contribution in [-0.4, -0.2) is 22.4 Å². The van der Waals surface area contributed by atoms with E-state index in [1.165, 1.54) is 0 Å². The van der Waals surface area contributed by atoms with Crippen molar-refractivity contribution >= 4 is 46.6 Å². The number of benzene rings is 1. The first-order valence-electron chi connectivity index (χ1n) is 8.40. The molecule has 140 valence electrons. The molecule has 27 heavy (non-hydrogen) atoms. The van der Waals surface area contributed by atoms with Crippen molar-refractivity contribution in [1.29, 1.82) is 0 Å². The fraction of sp³-hybridized carbons (Fsp3) is 0.200. The van der Waals surface area contributed by atoms with E-state index < -0.39 is 5.97 Å². The maximum atomic E-state index is 12.4. The van der Waals surface area contributed by atoms with E-state index >= 15 is 0 Å². The number of nitrogens with zero attached hydrogens (tertiary/aromatic N) is 2. The molecule has 7 heteroatoms. The van der Waals surface area contributed by atoms with Crippen LogP contribution in [0, 0.1) is 6.92 Å². The Kier molecular flexibility index (Phi) is 6.05. The van der Waals surface area contributed by atoms with E-state index in [9.17, 15) is 4.79 Å². The van der Waals surface area contributed by atoms with Gasteiger partial charge in [-0.15, -0.1) is 11.3 Å². The van der Waals surface area contributed by atoms with E-state index in [1.54, 1.807) is 41.1 Å². The highest BCUT2D eigenvalue weighted by Gasteiger charge is 2.25. The topological polar surface area (TPSA) is 44.1 Å². The summed E-state index contributed by atoms with van der Waals surface area (Å²) in [5.74, 6) is -0.454. The van der Waals surface area contributed by atoms with Crippen LogP contribution < -0.4 is 0 Å². The van der Waals surface area contributed by atoms with Gasteiger partial charge in [-0.2, -0.15) is 5.10 Å². The van der Waals surface area contributed by atoms with Gasteiger partial charge in [0, 0.05) is 10.6 Å². The summed E-state index contributed by atoms with van der Waals surface area (Å²) in [4.78, 5) is 13.4. The Bertz CT molecular complexity index is 1020. The highest BCUT2D eigenvalue weighted by atomic mass is 35.5. The van der Waals surface area contributed by atoms with Crippen molar-refractivity contribution < 1.29 is 9.53 Å². The van der Waals surface area contributed by atoms with E-state index in [4.69, 9.17) is 27.9 Å². The summed E-state index contributed by atoms with van der Waals surface area (Å²) in [5, 5.41) is 7.53. The monoisotopic (exact) mass is 420 g/mol. The lowest BCUT2D eigenvalue weighted by Gasteiger charge is -2.10. The quantitative estimate of drug-likeness (QED) is 0.446. The molecule has 0 radical (unpaired) electrons. The minimum atomic E-state index is -0.454. The third kappa shape index (κ3) is 3.81. The van der Waals surface area contributed by atoms with E-state index in [0.29, 0.717) is 15.7 Å². The van der Waals surface area contributed by atoms with E-state index in [1.807, 2.05) is 37.4 Å². The van der Waals surface area contributed by atoms with Gasteiger partial charge in [0.2, 0.25) is 0 Å². The molecule has 2 heterocycles. The third-order valence-electron chi connectivity index (χ3n) is 3.99. The number of rotatable bonds is 5. The average molecular weight is 421 g/mol. The summed E-state index contributed by atoms with van der Waals surface area (Å²) in [6.45, 7) is 5.88. The molecule has 0 unspecified atom stereocenters. The molecule has 0 aliphatic rings. The second kappa shape index (κ2) is 8.30. The van der Waals surface area contributed by atoms with E-state index in [0.717, 1.165) is 21.7 Å². The molecule has 0 saturated carbocycles. The van der Waals surface area contributed by atoms with Gasteiger partial charge < -0.3 is 4.74 Å². The van der Waals surface area contributed by atoms with Crippen molar-refractivity contribution in [2.75, 3.05) is 6.61 Å². The van der Waals surface area contributed by atoms with Crippen molar-refractivity contribution in [3.05, 3.63) is 62.6 Å². The summed E-state index contributed by atoms with van der Waals surface area (Å²) >= 11 is 14.1. The van der Waals surface area contributed by atoms with Crippen LogP contribution in [0.3, 0.4) is 0 Å². The smallest absolute Gasteiger partial charge is 0.359 e. The predicted octanol–water partition coefficient (Wildman–Crippen LogP) is 6.43. The van der Waals surface area contributed by atoms with Gasteiger partial charge in [0.05, 0.1) is 27.9 Å². The molecule has 3 rings (SSSR count). The predicted molar refractivity (Wildman–Crippen MR) is 112 cm³/mol. The number of hydrogen-bond donors (Lipinski definition) is 0. The van der Waals surface area contributed by atoms with Gasteiger partial charge in [-0.1, -0.05) is 35.4 Å². The molecular formula is C20H18Cl2N2O2S. The number of thiophene rings is 1. The van der Waals surface area contributed by atoms with Gasteiger partial charge in [-0.3, -0.25) is 0 Å². The molecular weight excluding hydrogens is 403 g/mol. The molecule has 0 atom stereocenters. The van der Waals surface area contributed by atoms with Crippen LogP contribution in [0.25, 0.3) is 22.3 Å². The fourth-order valence-electron chi connectivity index (χ4n) is 2.81. The summed E-state index contributed by atoms with van der Waals surface area (Å²) in [6.07, 6.45) is 4.00. The van der Waals surface area contributed by atoms with Gasteiger partial charge in [0.25, 0.3) is 0 Å². The molecule has 0 fully saturated rings. The van der Waals surface area contributed by atoms with Gasteiger partial charge in [0.1, 0.15) is 0 Å². The van der Waals surface area contributed by atoms with Gasteiger partial charge in [0.15, 0.2) is 5.69 Å². The number of allylic oxidation sites excluding steroid dienone is 1. The third-order valence-corrected chi connectivity index (χ3v) is 5.46. The largest absolute Gasteiger partial charge is 0.461 e. The van der Waals surface area contributed by atoms with Crippen LogP contribution in [0.4, 0.5) is 0 Å². The van der Waals surface area contributed by atoms with Crippen LogP contribution in [0.1, 0.15) is 35.5 Å². The normalized spacial score (nSPS) is 11.3. The van der Waals surface area contributed by atoms with Crippen molar-refractivity contribution in [2.24, 2.45) is 0 Å². The van der Waals surface area contributed by atoms with Crippen molar-refractivity contribution in [3.8, 4) is 16.3 Å². The summed E-state index contributed by atoms with van der Waals surface area (Å²) in [5.41, 5.74) is 3.53. The van der Waals surface area contributed by atoms with Crippen molar-refractivity contribution in [1.82, 2.24) is 9.78 Å². The molecule has 0 amide bonds. The number of hydrogen-bond acceptors (Lipinski definition) is 4. The lowest BCUT2D eigenvalue weighted by atomic mass is 10.1. The number of ether oxygens (including phenoxy) is 1. The minimum Gasteiger partial charge on any atom is -0.461 e. The number of carbonyl (C=O) groups is 1. The average Bonchev–Trinajstić information content (AvgIpc) is 3.19. The Morgan fingerprint density at radius 3 is 2.78 bits per heavy atom. The second-order valence-corrected chi connectivity index (χ2v) is 7.52. The number of esters is 1. The van der Waals surface area contributed by atoms with Crippen molar-refractivity contribution in [2.45, 2.75) is 20.8 Å². The Morgan fingerprint density at radius 1 is 1.33 bits per heavy atom. The lowest BCUT2D eigenvalue weighted by Crippen LogP contribution is -2.08. The number of carbonyl (C=O) groups excluding carboxylic acids is 1. The first-order chi connectivity index (χ1) is 13.0. The van der Waals surface area contributed by atoms with E-state index in [-0.39, 0.29) is 12.3 Å². The molecule has 0 aliphatic heterocycles. The standard InChI is InChI=1S/C20H18Cl2N2O2S/c1-4-6-13-9-10-27-19(13)18-12(3)17(20(25)26-5-2)23-24(18)16-8-7-14(21)11-15(16)22/h4,6-11H,5H2,1-3H3. The van der Waals surface area contributed by atoms with Crippen LogP contribution in [0.15, 0.2) is 35.7 Å². The Hall–Kier alpha value is -2.08. The zero-order valence-electron chi connectivity index (χ0n) is 15.1. The Balaban J connectivity index is 2.29. The molecule has 0 N–H and O–H groups in total. The molecule has 2 aromatic heterocycles. The number of aromatic nitrogens is 2. The molecule has 3 aromatic rings. The Labute approximate surface area is 172 Å². The first-order valence-corrected chi connectivity index (χ1v) is 10.0. The SMILES string of the molecule is CC=Cc1ccsc1-c1c(C)c(C(=O)OCC)nn1-c1ccc(Cl)cc1Cl. The summed E-state index contributed by atoms with van der Waals surface area (Å²) < 4.78 is 6.87. The summed E-state index contributed by atoms with van der Waals surface area (Å²) in [7, 11) is 0. The molecule has 0 aliphatic carbocycles. The highest BCUT2D eigenvalue weighted by molar-refractivity contribution is 7.13. The molecule has 1 aromatic carbocycles. The molecule has 4 nitrogen and oxygen atoms in total. The molecule has 0 bridgehead atoms. The van der Waals surface area contributed by atoms with Crippen LogP contribution in [0.5, 0.6) is 0 Å². The van der Waals surface area contributed by atoms with Gasteiger partial charge >= 0.3 is 5.97 Å². The molecule has 0 saturated heterocycles. The van der Waals surface area contributed by atoms with Crippen LogP contribution >= 0.6 is 34.5 Å². The fourth-order valence-corrected chi connectivity index (χ4v) is 4.27. The zero-order chi connectivity index (χ0) is 19.6. The molecule has 0 spiro atoms. The summed E-state index contributed by atoms with van der Waals surface area (Å²) in [6, 6.07) is 7.22. The second-order valence-electron chi connectivity index (χ2n) is 5.76. The maximum Gasteiger partial charge on any atom is 0.359 e. The first kappa shape index (κ1) is 19.7. The Morgan fingerprint density at radius 2 is 2.11 bits per heavy atom. The van der Waals surface area contributed by atoms with Crippen LogP contribution in [-0.2, 0) is 4.74 Å². The lowest BCUT2D eigenvalue weighted by molar-refractivity contribution is 0.0518. The maximum absolute atomic E-state index is 12.4. The van der Waals surface area contributed by atoms with Crippen LogP contribution in [0.2, 0.25) is 10.0 Å². The van der Waals surface area contributed by atoms with E-state index in [2.05, 4.69) is 5.10 Å². The number of halogens is 2. The van der Waals surface area contributed by atoms with Gasteiger partial charge in [-0.25, -0.2) is 9.48 Å². The minimum absolute atomic E-state index is 0.276. The highest BCUT2D eigenvalue weighted by Crippen LogP contribution is 2.37. The van der Waals surface area contributed by atoms with Gasteiger partial charge in [-0.05, 0) is 56.0 Å². The van der Waals surface area contributed by atoms with Crippen molar-refractivity contribution in [3.63, 3.8) is 0 Å².